The van der Waals surface area contributed by atoms with Crippen molar-refractivity contribution >= 4 is 35.0 Å². The molecule has 0 saturated carbocycles. The van der Waals surface area contributed by atoms with Crippen molar-refractivity contribution in [3.8, 4) is 0 Å². The highest BCUT2D eigenvalue weighted by molar-refractivity contribution is 7.98. The molecular weight excluding hydrogens is 296 g/mol. The zero-order chi connectivity index (χ0) is 15.1. The summed E-state index contributed by atoms with van der Waals surface area (Å²) < 4.78 is 0. The number of aryl methyl sites for hydroxylation is 1. The second-order valence-electron chi connectivity index (χ2n) is 4.67. The second-order valence-corrected chi connectivity index (χ2v) is 6.84. The smallest absolute Gasteiger partial charge is 0.323 e. The molecule has 1 amide bonds. The molecule has 0 aromatic carbocycles. The van der Waals surface area contributed by atoms with Crippen LogP contribution in [0.5, 0.6) is 0 Å². The molecule has 0 atom stereocenters. The van der Waals surface area contributed by atoms with Crippen molar-refractivity contribution in [2.75, 3.05) is 12.3 Å². The van der Waals surface area contributed by atoms with Gasteiger partial charge in [0.15, 0.2) is 0 Å². The van der Waals surface area contributed by atoms with E-state index in [9.17, 15) is 9.59 Å². The Morgan fingerprint density at radius 2 is 2.20 bits per heavy atom. The Labute approximate surface area is 127 Å². The van der Waals surface area contributed by atoms with Crippen molar-refractivity contribution in [2.24, 2.45) is 0 Å². The molecule has 5 nitrogen and oxygen atoms in total. The van der Waals surface area contributed by atoms with E-state index in [1.54, 1.807) is 23.1 Å². The summed E-state index contributed by atoms with van der Waals surface area (Å²) in [7, 11) is 0. The number of aliphatic carboxylic acids is 1. The van der Waals surface area contributed by atoms with Crippen LogP contribution in [0.3, 0.4) is 0 Å². The first kappa shape index (κ1) is 17.0. The highest BCUT2D eigenvalue weighted by atomic mass is 32.2. The molecule has 0 bridgehead atoms. The highest BCUT2D eigenvalue weighted by Gasteiger charge is 2.19. The number of amides is 1. The van der Waals surface area contributed by atoms with E-state index in [-0.39, 0.29) is 18.5 Å². The van der Waals surface area contributed by atoms with E-state index in [0.29, 0.717) is 12.2 Å². The number of carbonyl (C=O) groups is 2. The summed E-state index contributed by atoms with van der Waals surface area (Å²) in [5.74, 6) is 0.387. The minimum Gasteiger partial charge on any atom is -0.480 e. The Morgan fingerprint density at radius 3 is 2.70 bits per heavy atom. The van der Waals surface area contributed by atoms with Crippen LogP contribution in [0.2, 0.25) is 0 Å². The van der Waals surface area contributed by atoms with Gasteiger partial charge in [-0.1, -0.05) is 0 Å². The van der Waals surface area contributed by atoms with Gasteiger partial charge in [-0.25, -0.2) is 4.98 Å². The van der Waals surface area contributed by atoms with Crippen LogP contribution < -0.4 is 0 Å². The Balaban J connectivity index is 2.32. The number of aromatic nitrogens is 1. The Hall–Kier alpha value is -1.08. The summed E-state index contributed by atoms with van der Waals surface area (Å²) in [6.07, 6.45) is 0.360. The van der Waals surface area contributed by atoms with Gasteiger partial charge in [-0.15, -0.1) is 11.3 Å². The Morgan fingerprint density at radius 1 is 1.50 bits per heavy atom. The zero-order valence-corrected chi connectivity index (χ0v) is 13.6. The van der Waals surface area contributed by atoms with Gasteiger partial charge in [0.25, 0.3) is 0 Å². The van der Waals surface area contributed by atoms with Crippen LogP contribution in [-0.2, 0) is 15.3 Å². The van der Waals surface area contributed by atoms with Gasteiger partial charge in [0.2, 0.25) is 5.91 Å². The van der Waals surface area contributed by atoms with Crippen LogP contribution in [0.25, 0.3) is 0 Å². The van der Waals surface area contributed by atoms with E-state index >= 15 is 0 Å². The van der Waals surface area contributed by atoms with Crippen molar-refractivity contribution in [2.45, 2.75) is 39.0 Å². The van der Waals surface area contributed by atoms with Crippen LogP contribution in [-0.4, -0.2) is 45.2 Å². The third-order valence-corrected chi connectivity index (χ3v) is 4.44. The largest absolute Gasteiger partial charge is 0.480 e. The summed E-state index contributed by atoms with van der Waals surface area (Å²) in [6.45, 7) is 5.39. The van der Waals surface area contributed by atoms with Crippen molar-refractivity contribution in [1.82, 2.24) is 9.88 Å². The molecule has 0 aliphatic carbocycles. The van der Waals surface area contributed by atoms with Gasteiger partial charge >= 0.3 is 5.97 Å². The molecule has 7 heteroatoms. The second kappa shape index (κ2) is 8.26. The molecule has 1 N–H and O–H groups in total. The van der Waals surface area contributed by atoms with Crippen LogP contribution in [0.15, 0.2) is 5.38 Å². The fourth-order valence-corrected chi connectivity index (χ4v) is 3.20. The monoisotopic (exact) mass is 316 g/mol. The van der Waals surface area contributed by atoms with Gasteiger partial charge < -0.3 is 10.0 Å². The van der Waals surface area contributed by atoms with Crippen molar-refractivity contribution < 1.29 is 14.7 Å². The SMILES string of the molecule is Cc1nc(CSCCC(=O)N(CC(=O)O)C(C)C)cs1. The minimum absolute atomic E-state index is 0.0928. The molecule has 0 spiro atoms. The number of carbonyl (C=O) groups excluding carboxylic acids is 1. The first-order chi connectivity index (χ1) is 9.40. The molecule has 0 unspecified atom stereocenters. The van der Waals surface area contributed by atoms with E-state index in [0.717, 1.165) is 16.5 Å². The Bertz CT molecular complexity index is 460. The minimum atomic E-state index is -0.974. The third-order valence-electron chi connectivity index (χ3n) is 2.63. The molecule has 20 heavy (non-hydrogen) atoms. The van der Waals surface area contributed by atoms with Gasteiger partial charge in [-0.2, -0.15) is 11.8 Å². The molecule has 0 aliphatic heterocycles. The molecule has 1 rings (SSSR count). The lowest BCUT2D eigenvalue weighted by Gasteiger charge is -2.24. The summed E-state index contributed by atoms with van der Waals surface area (Å²) >= 11 is 3.26. The van der Waals surface area contributed by atoms with E-state index in [1.807, 2.05) is 26.2 Å². The highest BCUT2D eigenvalue weighted by Crippen LogP contribution is 2.16. The quantitative estimate of drug-likeness (QED) is 0.746. The number of hydrogen-bond acceptors (Lipinski definition) is 5. The van der Waals surface area contributed by atoms with E-state index in [1.165, 1.54) is 4.90 Å². The van der Waals surface area contributed by atoms with Gasteiger partial charge in [0, 0.05) is 29.3 Å². The van der Waals surface area contributed by atoms with Crippen molar-refractivity contribution in [3.05, 3.63) is 16.1 Å². The lowest BCUT2D eigenvalue weighted by atomic mass is 10.3. The molecule has 0 radical (unpaired) electrons. The van der Waals surface area contributed by atoms with Crippen LogP contribution in [0.1, 0.15) is 31.0 Å². The lowest BCUT2D eigenvalue weighted by Crippen LogP contribution is -2.40. The van der Waals surface area contributed by atoms with Crippen molar-refractivity contribution in [3.63, 3.8) is 0 Å². The fourth-order valence-electron chi connectivity index (χ4n) is 1.66. The average molecular weight is 316 g/mol. The predicted octanol–water partition coefficient (Wildman–Crippen LogP) is 2.40. The topological polar surface area (TPSA) is 70.5 Å². The maximum atomic E-state index is 12.0. The number of carboxylic acid groups (broad SMARTS) is 1. The van der Waals surface area contributed by atoms with Crippen molar-refractivity contribution in [1.29, 1.82) is 0 Å². The number of thioether (sulfide) groups is 1. The van der Waals surface area contributed by atoms with Crippen LogP contribution in [0.4, 0.5) is 0 Å². The van der Waals surface area contributed by atoms with Gasteiger partial charge in [0.05, 0.1) is 10.7 Å². The Kier molecular flexibility index (Phi) is 7.01. The number of rotatable bonds is 8. The maximum Gasteiger partial charge on any atom is 0.323 e. The zero-order valence-electron chi connectivity index (χ0n) is 12.0. The van der Waals surface area contributed by atoms with E-state index in [4.69, 9.17) is 5.11 Å². The van der Waals surface area contributed by atoms with E-state index < -0.39 is 5.97 Å². The molecule has 1 aromatic rings. The predicted molar refractivity (Wildman–Crippen MR) is 82.1 cm³/mol. The van der Waals surface area contributed by atoms with Crippen LogP contribution in [0, 0.1) is 6.92 Å². The van der Waals surface area contributed by atoms with Crippen LogP contribution >= 0.6 is 23.1 Å². The standard InChI is InChI=1S/C13H20N2O3S2/c1-9(2)15(6-13(17)18)12(16)4-5-19-7-11-8-20-10(3)14-11/h8-9H,4-7H2,1-3H3,(H,17,18). The summed E-state index contributed by atoms with van der Waals surface area (Å²) in [6, 6.07) is -0.0928. The number of nitrogens with zero attached hydrogens (tertiary/aromatic N) is 2. The normalized spacial score (nSPS) is 10.8. The number of thiazole rings is 1. The summed E-state index contributed by atoms with van der Waals surface area (Å²) in [4.78, 5) is 28.5. The average Bonchev–Trinajstić information content (AvgIpc) is 2.76. The first-order valence-corrected chi connectivity index (χ1v) is 8.43. The van der Waals surface area contributed by atoms with E-state index in [2.05, 4.69) is 4.98 Å². The third kappa shape index (κ3) is 5.92. The van der Waals surface area contributed by atoms with Gasteiger partial charge in [-0.3, -0.25) is 9.59 Å². The summed E-state index contributed by atoms with van der Waals surface area (Å²) in [5.41, 5.74) is 1.04. The fraction of sp³-hybridized carbons (Fsp3) is 0.615. The maximum absolute atomic E-state index is 12.0. The molecule has 112 valence electrons. The molecule has 0 saturated heterocycles. The summed E-state index contributed by atoms with van der Waals surface area (Å²) in [5, 5.41) is 11.9. The number of carboxylic acids is 1. The molecule has 0 aliphatic rings. The van der Waals surface area contributed by atoms with Gasteiger partial charge in [-0.05, 0) is 20.8 Å². The van der Waals surface area contributed by atoms with Gasteiger partial charge in [0.1, 0.15) is 6.54 Å². The number of hydrogen-bond donors (Lipinski definition) is 1. The molecule has 1 aromatic heterocycles. The molecular formula is C13H20N2O3S2. The lowest BCUT2D eigenvalue weighted by molar-refractivity contribution is -0.145. The molecule has 1 heterocycles. The molecule has 0 fully saturated rings. The first-order valence-electron chi connectivity index (χ1n) is 6.40.